The van der Waals surface area contributed by atoms with Gasteiger partial charge in [-0.25, -0.2) is 0 Å². The Balaban J connectivity index is 1.75. The van der Waals surface area contributed by atoms with Crippen LogP contribution in [0.3, 0.4) is 0 Å². The van der Waals surface area contributed by atoms with Gasteiger partial charge < -0.3 is 15.8 Å². The van der Waals surface area contributed by atoms with Gasteiger partial charge >= 0.3 is 0 Å². The van der Waals surface area contributed by atoms with Crippen molar-refractivity contribution in [3.05, 3.63) is 24.3 Å². The lowest BCUT2D eigenvalue weighted by atomic mass is 10.3. The number of nitrogens with one attached hydrogen (secondary N) is 1. The Morgan fingerprint density at radius 1 is 1.35 bits per heavy atom. The maximum absolute atomic E-state index is 5.77. The van der Waals surface area contributed by atoms with Crippen LogP contribution in [-0.4, -0.2) is 47.2 Å². The Bertz CT molecular complexity index is 527. The highest BCUT2D eigenvalue weighted by molar-refractivity contribution is 8.13. The first-order valence-electron chi connectivity index (χ1n) is 7.90. The zero-order valence-electron chi connectivity index (χ0n) is 13.5. The molecule has 126 valence electrons. The Kier molecular flexibility index (Phi) is 7.64. The van der Waals surface area contributed by atoms with Crippen molar-refractivity contribution < 1.29 is 4.74 Å². The first-order chi connectivity index (χ1) is 11.2. The normalized spacial score (nSPS) is 15.6. The van der Waals surface area contributed by atoms with Crippen molar-refractivity contribution in [1.82, 2.24) is 4.90 Å². The molecule has 0 spiro atoms. The fourth-order valence-electron chi connectivity index (χ4n) is 2.36. The van der Waals surface area contributed by atoms with Gasteiger partial charge in [0.25, 0.3) is 0 Å². The van der Waals surface area contributed by atoms with Gasteiger partial charge in [0.2, 0.25) is 0 Å². The molecule has 1 aliphatic rings. The zero-order valence-corrected chi connectivity index (χ0v) is 15.1. The molecule has 0 amide bonds. The lowest BCUT2D eigenvalue weighted by Gasteiger charge is -2.15. The molecule has 0 atom stereocenters. The highest BCUT2D eigenvalue weighted by atomic mass is 32.2. The van der Waals surface area contributed by atoms with E-state index < -0.39 is 0 Å². The Morgan fingerprint density at radius 2 is 2.04 bits per heavy atom. The van der Waals surface area contributed by atoms with E-state index in [0.717, 1.165) is 30.3 Å². The van der Waals surface area contributed by atoms with Crippen molar-refractivity contribution in [3.63, 3.8) is 0 Å². The van der Waals surface area contributed by atoms with Gasteiger partial charge in [0.15, 0.2) is 10.3 Å². The van der Waals surface area contributed by atoms with Crippen LogP contribution in [0.15, 0.2) is 29.3 Å². The molecule has 1 aromatic rings. The van der Waals surface area contributed by atoms with Gasteiger partial charge in [-0.15, -0.1) is 0 Å². The minimum Gasteiger partial charge on any atom is -0.492 e. The first-order valence-corrected chi connectivity index (χ1v) is 9.30. The van der Waals surface area contributed by atoms with E-state index in [1.54, 1.807) is 0 Å². The third-order valence-electron chi connectivity index (χ3n) is 3.48. The van der Waals surface area contributed by atoms with Gasteiger partial charge in [0.05, 0.1) is 0 Å². The summed E-state index contributed by atoms with van der Waals surface area (Å²) in [6.07, 6.45) is 2.62. The molecule has 1 aromatic carbocycles. The van der Waals surface area contributed by atoms with Gasteiger partial charge in [-0.3, -0.25) is 4.90 Å². The second-order valence-electron chi connectivity index (χ2n) is 5.23. The van der Waals surface area contributed by atoms with Crippen molar-refractivity contribution in [3.8, 4) is 5.75 Å². The monoisotopic (exact) mass is 352 g/mol. The van der Waals surface area contributed by atoms with Crippen molar-refractivity contribution in [1.29, 1.82) is 0 Å². The number of hydrogen-bond acceptors (Lipinski definition) is 4. The Hall–Kier alpha value is -1.31. The molecule has 1 heterocycles. The van der Waals surface area contributed by atoms with Crippen LogP contribution in [0, 0.1) is 0 Å². The summed E-state index contributed by atoms with van der Waals surface area (Å²) in [5.41, 5.74) is 6.61. The third kappa shape index (κ3) is 6.76. The minimum absolute atomic E-state index is 0.367. The first kappa shape index (κ1) is 18.0. The van der Waals surface area contributed by atoms with Crippen LogP contribution < -0.4 is 15.8 Å². The van der Waals surface area contributed by atoms with Gasteiger partial charge in [-0.05, 0) is 68.2 Å². The molecule has 2 rings (SSSR count). The van der Waals surface area contributed by atoms with Crippen LogP contribution in [-0.2, 0) is 0 Å². The second-order valence-corrected chi connectivity index (χ2v) is 6.91. The number of nitrogens with two attached hydrogens (primary N) is 1. The second kappa shape index (κ2) is 9.75. The lowest BCUT2D eigenvalue weighted by Crippen LogP contribution is -2.25. The standard InChI is InChI=1S/C16H24N4OS2/c1-2-23-15(17)19-16(22)18-13-5-7-14(8-6-13)21-12-11-20-9-3-4-10-20/h5-8H,2-4,9-12H2,1H3,(H3,17,18,19,22). The number of likely N-dealkylation sites (tertiary alicyclic amines) is 1. The fraction of sp³-hybridized carbons (Fsp3) is 0.500. The average molecular weight is 353 g/mol. The molecule has 1 aliphatic heterocycles. The largest absolute Gasteiger partial charge is 0.492 e. The van der Waals surface area contributed by atoms with E-state index in [1.807, 2.05) is 31.2 Å². The summed E-state index contributed by atoms with van der Waals surface area (Å²) in [6, 6.07) is 7.72. The molecule has 1 fully saturated rings. The van der Waals surface area contributed by atoms with E-state index in [4.69, 9.17) is 22.7 Å². The number of hydrogen-bond donors (Lipinski definition) is 2. The van der Waals surface area contributed by atoms with E-state index in [2.05, 4.69) is 15.2 Å². The highest BCUT2D eigenvalue weighted by Gasteiger charge is 2.10. The van der Waals surface area contributed by atoms with Gasteiger partial charge in [-0.2, -0.15) is 4.99 Å². The molecule has 0 aromatic heterocycles. The lowest BCUT2D eigenvalue weighted by molar-refractivity contribution is 0.238. The summed E-state index contributed by atoms with van der Waals surface area (Å²) < 4.78 is 5.77. The SMILES string of the molecule is CCS/C(N)=N/C(=S)Nc1ccc(OCCN2CCCC2)cc1. The van der Waals surface area contributed by atoms with Gasteiger partial charge in [0.1, 0.15) is 12.4 Å². The molecule has 3 N–H and O–H groups in total. The smallest absolute Gasteiger partial charge is 0.199 e. The molecule has 0 radical (unpaired) electrons. The number of amidine groups is 1. The van der Waals surface area contributed by atoms with Crippen molar-refractivity contribution in [2.45, 2.75) is 19.8 Å². The molecule has 0 unspecified atom stereocenters. The highest BCUT2D eigenvalue weighted by Crippen LogP contribution is 2.16. The van der Waals surface area contributed by atoms with Crippen molar-refractivity contribution >= 4 is 39.9 Å². The topological polar surface area (TPSA) is 62.9 Å². The molecule has 7 heteroatoms. The average Bonchev–Trinajstić information content (AvgIpc) is 3.02. The Labute approximate surface area is 147 Å². The molecule has 1 saturated heterocycles. The molecular formula is C16H24N4OS2. The number of ether oxygens (including phenoxy) is 1. The summed E-state index contributed by atoms with van der Waals surface area (Å²) in [5, 5.41) is 3.89. The predicted octanol–water partition coefficient (Wildman–Crippen LogP) is 2.93. The summed E-state index contributed by atoms with van der Waals surface area (Å²) >= 11 is 6.63. The summed E-state index contributed by atoms with van der Waals surface area (Å²) in [6.45, 7) is 6.13. The molecule has 0 bridgehead atoms. The van der Waals surface area contributed by atoms with E-state index in [1.165, 1.54) is 37.7 Å². The number of benzene rings is 1. The number of anilines is 1. The summed E-state index contributed by atoms with van der Waals surface area (Å²) in [7, 11) is 0. The number of nitrogens with zero attached hydrogens (tertiary/aromatic N) is 2. The van der Waals surface area contributed by atoms with Crippen molar-refractivity contribution in [2.24, 2.45) is 10.7 Å². The van der Waals surface area contributed by atoms with Crippen LogP contribution in [0.5, 0.6) is 5.75 Å². The predicted molar refractivity (Wildman–Crippen MR) is 104 cm³/mol. The molecule has 0 aliphatic carbocycles. The van der Waals surface area contributed by atoms with Crippen molar-refractivity contribution in [2.75, 3.05) is 37.3 Å². The number of thiocarbonyl (C=S) groups is 1. The molecule has 0 saturated carbocycles. The van der Waals surface area contributed by atoms with Crippen LogP contribution >= 0.6 is 24.0 Å². The number of aliphatic imine (C=N–C) groups is 1. The summed E-state index contributed by atoms with van der Waals surface area (Å²) in [5.74, 6) is 1.74. The molecule has 5 nitrogen and oxygen atoms in total. The summed E-state index contributed by atoms with van der Waals surface area (Å²) in [4.78, 5) is 6.55. The van der Waals surface area contributed by atoms with E-state index in [9.17, 15) is 0 Å². The fourth-order valence-corrected chi connectivity index (χ4v) is 3.09. The van der Waals surface area contributed by atoms with Crippen LogP contribution in [0.1, 0.15) is 19.8 Å². The van der Waals surface area contributed by atoms with Crippen LogP contribution in [0.2, 0.25) is 0 Å². The minimum atomic E-state index is 0.367. The molecular weight excluding hydrogens is 328 g/mol. The third-order valence-corrected chi connectivity index (χ3v) is 4.35. The van der Waals surface area contributed by atoms with E-state index in [0.29, 0.717) is 10.3 Å². The Morgan fingerprint density at radius 3 is 2.70 bits per heavy atom. The number of rotatable bonds is 6. The van der Waals surface area contributed by atoms with Gasteiger partial charge in [-0.1, -0.05) is 18.7 Å². The van der Waals surface area contributed by atoms with E-state index in [-0.39, 0.29) is 0 Å². The zero-order chi connectivity index (χ0) is 16.5. The van der Waals surface area contributed by atoms with E-state index >= 15 is 0 Å². The van der Waals surface area contributed by atoms with Crippen LogP contribution in [0.25, 0.3) is 0 Å². The van der Waals surface area contributed by atoms with Crippen LogP contribution in [0.4, 0.5) is 5.69 Å². The molecule has 23 heavy (non-hydrogen) atoms. The number of thioether (sulfide) groups is 1. The quantitative estimate of drug-likeness (QED) is 0.466. The van der Waals surface area contributed by atoms with Gasteiger partial charge in [0, 0.05) is 12.2 Å². The maximum Gasteiger partial charge on any atom is 0.199 e. The maximum atomic E-state index is 5.77.